The average molecular weight is 307 g/mol. The molecule has 0 radical (unpaired) electrons. The van der Waals surface area contributed by atoms with Crippen molar-refractivity contribution in [1.82, 2.24) is 9.55 Å². The summed E-state index contributed by atoms with van der Waals surface area (Å²) in [7, 11) is -3.98. The largest absolute Gasteiger partial charge is 0.571 e. The number of aromatic nitrogens is 2. The summed E-state index contributed by atoms with van der Waals surface area (Å²) in [6.45, 7) is -0.445. The Balaban J connectivity index is 1.98. The minimum absolute atomic E-state index is 0.445. The van der Waals surface area contributed by atoms with E-state index in [1.807, 2.05) is 4.98 Å². The third-order valence-electron chi connectivity index (χ3n) is 3.11. The number of ether oxygens (including phenoxy) is 1. The maximum absolute atomic E-state index is 11.7. The lowest BCUT2D eigenvalue weighted by molar-refractivity contribution is -0.0655. The third kappa shape index (κ3) is 2.21. The van der Waals surface area contributed by atoms with Crippen LogP contribution in [0.2, 0.25) is 0 Å². The van der Waals surface area contributed by atoms with Crippen LogP contribution in [0.3, 0.4) is 0 Å². The van der Waals surface area contributed by atoms with Gasteiger partial charge in [0, 0.05) is 12.3 Å². The fraction of sp³-hybridized carbons (Fsp3) is 0.556. The van der Waals surface area contributed by atoms with E-state index in [1.54, 1.807) is 0 Å². The average Bonchev–Trinajstić information content (AvgIpc) is 2.83. The maximum Gasteiger partial charge on any atom is 0.571 e. The zero-order valence-electron chi connectivity index (χ0n) is 9.95. The number of aliphatic hydroxyl groups excluding tert-OH is 1. The molecule has 10 nitrogen and oxygen atoms in total. The molecule has 1 aromatic heterocycles. The van der Waals surface area contributed by atoms with E-state index in [1.165, 1.54) is 6.20 Å². The van der Waals surface area contributed by atoms with Crippen LogP contribution in [0.25, 0.3) is 0 Å². The first kappa shape index (κ1) is 13.8. The van der Waals surface area contributed by atoms with Gasteiger partial charge in [0.15, 0.2) is 18.4 Å². The number of aliphatic hydroxyl groups is 1. The highest BCUT2D eigenvalue weighted by atomic mass is 31.2. The fourth-order valence-electron chi connectivity index (χ4n) is 2.29. The number of rotatable bonds is 2. The fourth-order valence-corrected chi connectivity index (χ4v) is 3.45. The molecule has 4 N–H and O–H groups in total. The van der Waals surface area contributed by atoms with Crippen molar-refractivity contribution in [3.05, 3.63) is 33.1 Å². The van der Waals surface area contributed by atoms with Crippen LogP contribution in [0, 0.1) is 0 Å². The Morgan fingerprint density at radius 2 is 2.00 bits per heavy atom. The molecule has 0 spiro atoms. The Morgan fingerprint density at radius 3 is 2.65 bits per heavy atom. The number of nitrogens with zero attached hydrogens (tertiary/aromatic N) is 1. The van der Waals surface area contributed by atoms with Gasteiger partial charge in [0.25, 0.3) is 5.56 Å². The Hall–Kier alpha value is -1.13. The first-order chi connectivity index (χ1) is 9.41. The molecule has 0 aromatic carbocycles. The molecular weight excluding hydrogens is 295 g/mol. The number of nitrogens with one attached hydrogen (secondary N) is 1. The van der Waals surface area contributed by atoms with Gasteiger partial charge in [-0.05, 0) is 0 Å². The van der Waals surface area contributed by atoms with Gasteiger partial charge in [-0.1, -0.05) is 0 Å². The highest BCUT2D eigenvalue weighted by Crippen LogP contribution is 2.64. The number of hydrogen-bond donors (Lipinski definition) is 4. The van der Waals surface area contributed by atoms with Crippen molar-refractivity contribution in [3.63, 3.8) is 0 Å². The monoisotopic (exact) mass is 307 g/mol. The first-order valence-electron chi connectivity index (χ1n) is 5.70. The second-order valence-corrected chi connectivity index (χ2v) is 5.80. The zero-order chi connectivity index (χ0) is 14.5. The Kier molecular flexibility index (Phi) is 3.26. The van der Waals surface area contributed by atoms with Crippen LogP contribution < -0.4 is 11.2 Å². The topological polar surface area (TPSA) is 143 Å². The zero-order valence-corrected chi connectivity index (χ0v) is 10.8. The van der Waals surface area contributed by atoms with Crippen molar-refractivity contribution in [2.45, 2.75) is 24.5 Å². The molecule has 110 valence electrons. The molecule has 3 heterocycles. The molecule has 2 fully saturated rings. The van der Waals surface area contributed by atoms with Gasteiger partial charge in [0.1, 0.15) is 6.10 Å². The van der Waals surface area contributed by atoms with Gasteiger partial charge in [-0.25, -0.2) is 4.79 Å². The number of H-pyrrole nitrogens is 1. The molecule has 2 aliphatic heterocycles. The summed E-state index contributed by atoms with van der Waals surface area (Å²) in [5.41, 5.74) is -1.32. The Bertz CT molecular complexity index is 627. The van der Waals surface area contributed by atoms with Gasteiger partial charge in [-0.3, -0.25) is 14.3 Å². The van der Waals surface area contributed by atoms with E-state index in [9.17, 15) is 24.5 Å². The van der Waals surface area contributed by atoms with Crippen molar-refractivity contribution < 1.29 is 28.7 Å². The lowest BCUT2D eigenvalue weighted by Gasteiger charge is -2.17. The standard InChI is InChI=1S/C9H11N2O8P/c12-3-4-6-7(19-20(15,16)18-6)8(17-4)11-2-1-5(13)10-9(11)14/h1-2,4,6-8,12,15-16H,3H2/p+1/t4-,6-,7-,8-/m1/s1. The van der Waals surface area contributed by atoms with Crippen LogP contribution in [0.1, 0.15) is 6.23 Å². The van der Waals surface area contributed by atoms with Crippen LogP contribution in [0.5, 0.6) is 0 Å². The molecule has 1 aromatic rings. The summed E-state index contributed by atoms with van der Waals surface area (Å²) in [5, 5.41) is 9.20. The summed E-state index contributed by atoms with van der Waals surface area (Å²) >= 11 is 0. The van der Waals surface area contributed by atoms with E-state index in [4.69, 9.17) is 13.8 Å². The van der Waals surface area contributed by atoms with E-state index in [-0.39, 0.29) is 0 Å². The highest BCUT2D eigenvalue weighted by Gasteiger charge is 2.66. The van der Waals surface area contributed by atoms with Crippen molar-refractivity contribution in [2.24, 2.45) is 0 Å². The van der Waals surface area contributed by atoms with E-state index < -0.39 is 50.6 Å². The van der Waals surface area contributed by atoms with E-state index >= 15 is 0 Å². The van der Waals surface area contributed by atoms with Gasteiger partial charge in [-0.15, -0.1) is 9.05 Å². The summed E-state index contributed by atoms with van der Waals surface area (Å²) in [6, 6.07) is 1.11. The van der Waals surface area contributed by atoms with Crippen LogP contribution in [-0.2, 0) is 13.8 Å². The number of fused-ring (bicyclic) bond motifs is 1. The van der Waals surface area contributed by atoms with Crippen molar-refractivity contribution in [3.8, 4) is 0 Å². The molecule has 3 rings (SSSR count). The number of hydrogen-bond acceptors (Lipinski definition) is 8. The van der Waals surface area contributed by atoms with Crippen molar-refractivity contribution >= 4 is 8.17 Å². The quantitative estimate of drug-likeness (QED) is 0.454. The summed E-state index contributed by atoms with van der Waals surface area (Å²) in [6.07, 6.45) is -2.60. The minimum Gasteiger partial charge on any atom is -0.394 e. The molecule has 0 unspecified atom stereocenters. The molecule has 0 bridgehead atoms. The SMILES string of the molecule is O=c1ccn([C@@H]2O[C@H](CO)[C@H]3O[P+](O)(O)O[C@H]32)c(=O)[nH]1. The van der Waals surface area contributed by atoms with Gasteiger partial charge in [0.2, 0.25) is 0 Å². The summed E-state index contributed by atoms with van der Waals surface area (Å²) < 4.78 is 16.3. The highest BCUT2D eigenvalue weighted by molar-refractivity contribution is 7.54. The predicted molar refractivity (Wildman–Crippen MR) is 63.4 cm³/mol. The third-order valence-corrected chi connectivity index (χ3v) is 4.14. The van der Waals surface area contributed by atoms with Gasteiger partial charge in [0.05, 0.1) is 6.61 Å². The molecule has 0 amide bonds. The Morgan fingerprint density at radius 1 is 1.30 bits per heavy atom. The molecule has 20 heavy (non-hydrogen) atoms. The second kappa shape index (κ2) is 4.71. The van der Waals surface area contributed by atoms with E-state index in [0.717, 1.165) is 10.6 Å². The van der Waals surface area contributed by atoms with Gasteiger partial charge < -0.3 is 9.84 Å². The smallest absolute Gasteiger partial charge is 0.394 e. The van der Waals surface area contributed by atoms with E-state index in [2.05, 4.69) is 0 Å². The lowest BCUT2D eigenvalue weighted by atomic mass is 10.1. The normalized spacial score (nSPS) is 35.1. The molecule has 2 aliphatic rings. The van der Waals surface area contributed by atoms with Crippen molar-refractivity contribution in [1.29, 1.82) is 0 Å². The van der Waals surface area contributed by atoms with Crippen LogP contribution in [0.4, 0.5) is 0 Å². The van der Waals surface area contributed by atoms with Crippen LogP contribution >= 0.6 is 8.17 Å². The molecule has 0 saturated carbocycles. The summed E-state index contributed by atoms with van der Waals surface area (Å²) in [5.74, 6) is 0. The Labute approximate surface area is 111 Å². The lowest BCUT2D eigenvalue weighted by Crippen LogP contribution is -2.36. The van der Waals surface area contributed by atoms with Crippen molar-refractivity contribution in [2.75, 3.05) is 6.61 Å². The predicted octanol–water partition coefficient (Wildman–Crippen LogP) is -2.13. The maximum atomic E-state index is 11.7. The van der Waals surface area contributed by atoms with E-state index in [0.29, 0.717) is 0 Å². The second-order valence-electron chi connectivity index (χ2n) is 4.40. The van der Waals surface area contributed by atoms with Gasteiger partial charge >= 0.3 is 13.9 Å². The molecule has 11 heteroatoms. The first-order valence-corrected chi connectivity index (χ1v) is 7.23. The summed E-state index contributed by atoms with van der Waals surface area (Å²) in [4.78, 5) is 43.7. The molecule has 4 atom stereocenters. The number of aromatic amines is 1. The minimum atomic E-state index is -3.98. The molecule has 0 aliphatic carbocycles. The molecular formula is C9H12N2O8P+. The van der Waals surface area contributed by atoms with Crippen LogP contribution in [-0.4, -0.2) is 49.4 Å². The molecule has 2 saturated heterocycles. The van der Waals surface area contributed by atoms with Crippen LogP contribution in [0.15, 0.2) is 21.9 Å². The van der Waals surface area contributed by atoms with Gasteiger partial charge in [-0.2, -0.15) is 9.79 Å².